The molecule has 0 fully saturated rings. The maximum absolute atomic E-state index is 6.15. The van der Waals surface area contributed by atoms with E-state index in [-0.39, 0.29) is 0 Å². The van der Waals surface area contributed by atoms with Gasteiger partial charge in [-0.25, -0.2) is 5.53 Å². The van der Waals surface area contributed by atoms with Gasteiger partial charge in [0.25, 0.3) is 0 Å². The lowest BCUT2D eigenvalue weighted by Crippen LogP contribution is -1.52. The maximum atomic E-state index is 6.15. The van der Waals surface area contributed by atoms with Gasteiger partial charge in [-0.3, -0.25) is 0 Å². The smallest absolute Gasteiger partial charge is 0.161 e. The first kappa shape index (κ1) is 6.60. The van der Waals surface area contributed by atoms with Crippen molar-refractivity contribution in [3.63, 3.8) is 0 Å². The Morgan fingerprint density at radius 2 is 2.29 bits per heavy atom. The molecule has 0 bridgehead atoms. The number of halogens is 1. The van der Waals surface area contributed by atoms with E-state index >= 15 is 0 Å². The molecule has 0 saturated heterocycles. The lowest BCUT2D eigenvalue weighted by atomic mass is 11.4. The molecule has 1 N–H and O–H groups in total. The van der Waals surface area contributed by atoms with Crippen molar-refractivity contribution in [2.75, 3.05) is 0 Å². The summed E-state index contributed by atoms with van der Waals surface area (Å²) in [7, 11) is 0. The summed E-state index contributed by atoms with van der Waals surface area (Å²) in [4.78, 5) is 0. The van der Waals surface area contributed by atoms with E-state index < -0.39 is 0 Å². The van der Waals surface area contributed by atoms with Crippen molar-refractivity contribution in [1.82, 2.24) is 0 Å². The van der Waals surface area contributed by atoms with Crippen LogP contribution in [0.3, 0.4) is 0 Å². The third-order valence-electron chi connectivity index (χ3n) is 0.195. The summed E-state index contributed by atoms with van der Waals surface area (Å²) >= 11 is 1.67. The standard InChI is InChI=1S/CH2IN5/c2-6-7-5-1-4-3/h1,3H/b4-3?,5-1-,7-6?. The second-order valence-electron chi connectivity index (χ2n) is 0.525. The minimum absolute atomic E-state index is 0.988. The Morgan fingerprint density at radius 1 is 1.57 bits per heavy atom. The topological polar surface area (TPSA) is 73.3 Å². The summed E-state index contributed by atoms with van der Waals surface area (Å²) in [6, 6.07) is 0. The van der Waals surface area contributed by atoms with Gasteiger partial charge in [0.05, 0.1) is 0 Å². The minimum atomic E-state index is 0.988. The van der Waals surface area contributed by atoms with Crippen LogP contribution in [0.25, 0.3) is 0 Å². The van der Waals surface area contributed by atoms with E-state index in [0.29, 0.717) is 0 Å². The van der Waals surface area contributed by atoms with Gasteiger partial charge in [0, 0.05) is 0 Å². The second-order valence-corrected chi connectivity index (χ2v) is 0.957. The van der Waals surface area contributed by atoms with Crippen LogP contribution in [0.15, 0.2) is 18.8 Å². The summed E-state index contributed by atoms with van der Waals surface area (Å²) in [5.41, 5.74) is 6.15. The molecule has 0 aliphatic rings. The summed E-state index contributed by atoms with van der Waals surface area (Å²) in [6.07, 6.45) is 0.988. The largest absolute Gasteiger partial charge is 0.203 e. The molecule has 0 aliphatic carbocycles. The van der Waals surface area contributed by atoms with Crippen LogP contribution in [0, 0.1) is 5.53 Å². The zero-order chi connectivity index (χ0) is 5.54. The number of nitrogens with one attached hydrogen (secondary N) is 1. The monoisotopic (exact) mass is 211 g/mol. The SMILES string of the molecule is N=N/C=N\N=NI. The van der Waals surface area contributed by atoms with Gasteiger partial charge >= 0.3 is 0 Å². The van der Waals surface area contributed by atoms with Gasteiger partial charge in [0.15, 0.2) is 6.34 Å². The van der Waals surface area contributed by atoms with Gasteiger partial charge in [-0.05, 0) is 5.22 Å². The van der Waals surface area contributed by atoms with Crippen LogP contribution in [0.2, 0.25) is 0 Å². The van der Waals surface area contributed by atoms with Crippen molar-refractivity contribution in [1.29, 1.82) is 5.53 Å². The van der Waals surface area contributed by atoms with Gasteiger partial charge < -0.3 is 0 Å². The first-order valence-corrected chi connectivity index (χ1v) is 2.27. The molecule has 0 spiro atoms. The van der Waals surface area contributed by atoms with Crippen molar-refractivity contribution in [2.24, 2.45) is 18.8 Å². The van der Waals surface area contributed by atoms with Crippen molar-refractivity contribution in [3.05, 3.63) is 0 Å². The average Bonchev–Trinajstić information content (AvgIpc) is 1.69. The lowest BCUT2D eigenvalue weighted by Gasteiger charge is -1.62. The highest BCUT2D eigenvalue weighted by Crippen LogP contribution is 1.83. The third-order valence-corrected chi connectivity index (χ3v) is 0.388. The Hall–Kier alpha value is -0.400. The molecule has 0 rings (SSSR count). The number of nitrogens with zero attached hydrogens (tertiary/aromatic N) is 4. The molecule has 7 heavy (non-hydrogen) atoms. The molecule has 0 saturated carbocycles. The number of hydrogen-bond acceptors (Lipinski definition) is 3. The Bertz CT molecular complexity index is 94.3. The van der Waals surface area contributed by atoms with E-state index in [9.17, 15) is 0 Å². The zero-order valence-corrected chi connectivity index (χ0v) is 5.40. The quantitative estimate of drug-likeness (QED) is 0.237. The Labute approximate surface area is 53.9 Å². The molecular weight excluding hydrogens is 209 g/mol. The van der Waals surface area contributed by atoms with Crippen LogP contribution in [0.4, 0.5) is 0 Å². The normalized spacial score (nSPS) is 11.0. The van der Waals surface area contributed by atoms with Gasteiger partial charge in [-0.2, -0.15) is 0 Å². The second kappa shape index (κ2) is 5.60. The van der Waals surface area contributed by atoms with Crippen molar-refractivity contribution < 1.29 is 0 Å². The predicted molar refractivity (Wildman–Crippen MR) is 32.5 cm³/mol. The van der Waals surface area contributed by atoms with Crippen molar-refractivity contribution in [3.8, 4) is 0 Å². The van der Waals surface area contributed by atoms with E-state index in [0.717, 1.165) is 6.34 Å². The molecule has 0 aromatic rings. The molecule has 0 amide bonds. The molecule has 0 aromatic carbocycles. The maximum Gasteiger partial charge on any atom is 0.161 e. The first-order chi connectivity index (χ1) is 3.41. The number of rotatable bonds is 2. The highest BCUT2D eigenvalue weighted by Gasteiger charge is 1.56. The highest BCUT2D eigenvalue weighted by atomic mass is 127. The third kappa shape index (κ3) is 5.60. The van der Waals surface area contributed by atoms with Gasteiger partial charge in [0.1, 0.15) is 22.9 Å². The fourth-order valence-corrected chi connectivity index (χ4v) is 0.180. The molecule has 5 nitrogen and oxygen atoms in total. The summed E-state index contributed by atoms with van der Waals surface area (Å²) in [5.74, 6) is 0. The summed E-state index contributed by atoms with van der Waals surface area (Å²) in [6.45, 7) is 0. The van der Waals surface area contributed by atoms with Crippen LogP contribution in [-0.4, -0.2) is 6.34 Å². The number of hydrogen-bond donors (Lipinski definition) is 1. The van der Waals surface area contributed by atoms with Crippen LogP contribution < -0.4 is 0 Å². The van der Waals surface area contributed by atoms with Gasteiger partial charge in [-0.1, -0.05) is 3.33 Å². The van der Waals surface area contributed by atoms with Crippen LogP contribution in [0.5, 0.6) is 0 Å². The molecular formula is CH2IN5. The van der Waals surface area contributed by atoms with Crippen LogP contribution in [0.1, 0.15) is 0 Å². The molecule has 6 heteroatoms. The fraction of sp³-hybridized carbons (Fsp3) is 0. The lowest BCUT2D eigenvalue weighted by molar-refractivity contribution is 1.11. The van der Waals surface area contributed by atoms with E-state index in [1.807, 2.05) is 0 Å². The molecule has 0 heterocycles. The van der Waals surface area contributed by atoms with Crippen molar-refractivity contribution in [2.45, 2.75) is 0 Å². The van der Waals surface area contributed by atoms with E-state index in [4.69, 9.17) is 5.53 Å². The van der Waals surface area contributed by atoms with Gasteiger partial charge in [0.2, 0.25) is 0 Å². The fourth-order valence-electron chi connectivity index (χ4n) is 0.0684. The van der Waals surface area contributed by atoms with Crippen LogP contribution in [-0.2, 0) is 0 Å². The first-order valence-electron chi connectivity index (χ1n) is 1.31. The predicted octanol–water partition coefficient (Wildman–Crippen LogP) is 1.76. The van der Waals surface area contributed by atoms with E-state index in [1.165, 1.54) is 0 Å². The Morgan fingerprint density at radius 3 is 2.71 bits per heavy atom. The van der Waals surface area contributed by atoms with Gasteiger partial charge in [-0.15, -0.1) is 10.2 Å². The zero-order valence-electron chi connectivity index (χ0n) is 3.24. The Balaban J connectivity index is 3.27. The van der Waals surface area contributed by atoms with E-state index in [1.54, 1.807) is 22.9 Å². The molecule has 0 unspecified atom stereocenters. The molecule has 0 radical (unpaired) electrons. The summed E-state index contributed by atoms with van der Waals surface area (Å²) in [5, 5.41) is 9.08. The molecule has 0 atom stereocenters. The van der Waals surface area contributed by atoms with E-state index in [2.05, 4.69) is 18.8 Å². The molecule has 0 aromatic heterocycles. The molecule has 0 aliphatic heterocycles. The van der Waals surface area contributed by atoms with Crippen molar-refractivity contribution >= 4 is 29.2 Å². The average molecular weight is 211 g/mol. The Kier molecular flexibility index (Phi) is 5.28. The highest BCUT2D eigenvalue weighted by molar-refractivity contribution is 14.1. The van der Waals surface area contributed by atoms with Crippen LogP contribution >= 0.6 is 22.9 Å². The minimum Gasteiger partial charge on any atom is -0.203 e. The summed E-state index contributed by atoms with van der Waals surface area (Å²) < 4.78 is 3.23. The molecule has 38 valence electrons.